The standard InChI is InChI=1S/C26H40Cl2O4/c1-3-5-7-9-11-13-15-17-31-23-19-22(26(28)30)24(20-21(23)25(27)29)32-18-16-14-12-10-8-6-4-2/h19-20H,3-18H2,1-2H3. The first-order chi connectivity index (χ1) is 15.5. The zero-order valence-electron chi connectivity index (χ0n) is 19.9. The van der Waals surface area contributed by atoms with Crippen molar-refractivity contribution in [2.45, 2.75) is 104 Å². The Morgan fingerprint density at radius 3 is 1.22 bits per heavy atom. The van der Waals surface area contributed by atoms with E-state index in [2.05, 4.69) is 13.8 Å². The van der Waals surface area contributed by atoms with Gasteiger partial charge in [0.1, 0.15) is 11.5 Å². The van der Waals surface area contributed by atoms with E-state index in [0.717, 1.165) is 25.7 Å². The van der Waals surface area contributed by atoms with Gasteiger partial charge in [-0.15, -0.1) is 0 Å². The number of unbranched alkanes of at least 4 members (excludes halogenated alkanes) is 12. The van der Waals surface area contributed by atoms with Crippen LogP contribution in [0.15, 0.2) is 12.1 Å². The summed E-state index contributed by atoms with van der Waals surface area (Å²) in [6.07, 6.45) is 16.2. The molecular weight excluding hydrogens is 447 g/mol. The van der Waals surface area contributed by atoms with Gasteiger partial charge in [-0.3, -0.25) is 9.59 Å². The molecule has 4 nitrogen and oxygen atoms in total. The van der Waals surface area contributed by atoms with Gasteiger partial charge >= 0.3 is 0 Å². The van der Waals surface area contributed by atoms with Gasteiger partial charge in [0.25, 0.3) is 10.5 Å². The van der Waals surface area contributed by atoms with Crippen molar-refractivity contribution in [3.05, 3.63) is 23.3 Å². The highest BCUT2D eigenvalue weighted by molar-refractivity contribution is 6.69. The van der Waals surface area contributed by atoms with E-state index in [1.807, 2.05) is 0 Å². The monoisotopic (exact) mass is 486 g/mol. The topological polar surface area (TPSA) is 52.6 Å². The highest BCUT2D eigenvalue weighted by Crippen LogP contribution is 2.32. The van der Waals surface area contributed by atoms with Crippen LogP contribution in [0.25, 0.3) is 0 Å². The summed E-state index contributed by atoms with van der Waals surface area (Å²) in [5.74, 6) is 0.562. The highest BCUT2D eigenvalue weighted by Gasteiger charge is 2.20. The lowest BCUT2D eigenvalue weighted by Crippen LogP contribution is -2.07. The lowest BCUT2D eigenvalue weighted by atomic mass is 10.1. The van der Waals surface area contributed by atoms with Gasteiger partial charge in [0, 0.05) is 0 Å². The zero-order valence-corrected chi connectivity index (χ0v) is 21.4. The molecule has 0 amide bonds. The van der Waals surface area contributed by atoms with E-state index in [1.165, 1.54) is 76.3 Å². The Hall–Kier alpha value is -1.26. The van der Waals surface area contributed by atoms with Gasteiger partial charge in [-0.05, 0) is 48.2 Å². The first kappa shape index (κ1) is 28.8. The first-order valence-electron chi connectivity index (χ1n) is 12.3. The zero-order chi connectivity index (χ0) is 23.6. The van der Waals surface area contributed by atoms with Gasteiger partial charge in [-0.25, -0.2) is 0 Å². The van der Waals surface area contributed by atoms with Crippen molar-refractivity contribution >= 4 is 33.7 Å². The molecular formula is C26H40Cl2O4. The van der Waals surface area contributed by atoms with Gasteiger partial charge in [0.05, 0.1) is 24.3 Å². The lowest BCUT2D eigenvalue weighted by Gasteiger charge is -2.15. The summed E-state index contributed by atoms with van der Waals surface area (Å²) in [4.78, 5) is 23.9. The summed E-state index contributed by atoms with van der Waals surface area (Å²) in [6, 6.07) is 2.96. The summed E-state index contributed by atoms with van der Waals surface area (Å²) < 4.78 is 11.6. The predicted octanol–water partition coefficient (Wildman–Crippen LogP) is 8.70. The summed E-state index contributed by atoms with van der Waals surface area (Å²) in [5, 5.41) is -1.29. The van der Waals surface area contributed by atoms with Crippen LogP contribution in [-0.2, 0) is 0 Å². The Morgan fingerprint density at radius 1 is 0.594 bits per heavy atom. The second kappa shape index (κ2) is 18.2. The van der Waals surface area contributed by atoms with Crippen molar-refractivity contribution in [1.82, 2.24) is 0 Å². The van der Waals surface area contributed by atoms with Crippen molar-refractivity contribution in [3.8, 4) is 11.5 Å². The fourth-order valence-electron chi connectivity index (χ4n) is 3.59. The van der Waals surface area contributed by atoms with Gasteiger partial charge in [0.2, 0.25) is 0 Å². The van der Waals surface area contributed by atoms with E-state index >= 15 is 0 Å². The molecule has 0 unspecified atom stereocenters. The maximum atomic E-state index is 11.9. The number of ether oxygens (including phenoxy) is 2. The molecule has 1 rings (SSSR count). The predicted molar refractivity (Wildman–Crippen MR) is 134 cm³/mol. The summed E-state index contributed by atoms with van der Waals surface area (Å²) in [6.45, 7) is 5.32. The molecule has 0 atom stereocenters. The molecule has 182 valence electrons. The van der Waals surface area contributed by atoms with Gasteiger partial charge in [-0.1, -0.05) is 90.9 Å². The maximum Gasteiger partial charge on any atom is 0.256 e. The minimum Gasteiger partial charge on any atom is -0.493 e. The van der Waals surface area contributed by atoms with Crippen LogP contribution in [0.2, 0.25) is 0 Å². The summed E-state index contributed by atoms with van der Waals surface area (Å²) >= 11 is 11.6. The van der Waals surface area contributed by atoms with Gasteiger partial charge in [0.15, 0.2) is 0 Å². The molecule has 0 heterocycles. The molecule has 0 aliphatic heterocycles. The molecule has 0 radical (unpaired) electrons. The molecule has 0 saturated heterocycles. The minimum atomic E-state index is -0.645. The van der Waals surface area contributed by atoms with Crippen LogP contribution < -0.4 is 9.47 Å². The smallest absolute Gasteiger partial charge is 0.256 e. The molecule has 32 heavy (non-hydrogen) atoms. The lowest BCUT2D eigenvalue weighted by molar-refractivity contribution is 0.106. The van der Waals surface area contributed by atoms with Crippen molar-refractivity contribution in [2.24, 2.45) is 0 Å². The summed E-state index contributed by atoms with van der Waals surface area (Å²) in [7, 11) is 0. The van der Waals surface area contributed by atoms with E-state index in [4.69, 9.17) is 32.7 Å². The molecule has 1 aromatic rings. The molecule has 0 spiro atoms. The van der Waals surface area contributed by atoms with Crippen molar-refractivity contribution in [3.63, 3.8) is 0 Å². The number of hydrogen-bond acceptors (Lipinski definition) is 4. The third-order valence-electron chi connectivity index (χ3n) is 5.52. The van der Waals surface area contributed by atoms with Crippen LogP contribution >= 0.6 is 23.2 Å². The number of benzene rings is 1. The Balaban J connectivity index is 2.60. The number of carbonyl (C=O) groups excluding carboxylic acids is 2. The van der Waals surface area contributed by atoms with E-state index in [1.54, 1.807) is 0 Å². The molecule has 0 fully saturated rings. The fraction of sp³-hybridized carbons (Fsp3) is 0.692. The van der Waals surface area contributed by atoms with E-state index in [-0.39, 0.29) is 22.6 Å². The second-order valence-corrected chi connectivity index (χ2v) is 9.02. The third kappa shape index (κ3) is 12.1. The molecule has 0 aliphatic carbocycles. The molecule has 1 aromatic carbocycles. The first-order valence-corrected chi connectivity index (χ1v) is 13.1. The Labute approximate surface area is 204 Å². The van der Waals surface area contributed by atoms with E-state index < -0.39 is 10.5 Å². The molecule has 0 bridgehead atoms. The van der Waals surface area contributed by atoms with Crippen LogP contribution in [0, 0.1) is 0 Å². The maximum absolute atomic E-state index is 11.9. The number of rotatable bonds is 20. The Kier molecular flexibility index (Phi) is 16.4. The quantitative estimate of drug-likeness (QED) is 0.136. The van der Waals surface area contributed by atoms with E-state index in [9.17, 15) is 9.59 Å². The van der Waals surface area contributed by atoms with Crippen LogP contribution in [0.3, 0.4) is 0 Å². The molecule has 0 aromatic heterocycles. The minimum absolute atomic E-state index is 0.200. The highest BCUT2D eigenvalue weighted by atomic mass is 35.5. The van der Waals surface area contributed by atoms with Crippen molar-refractivity contribution in [1.29, 1.82) is 0 Å². The number of halogens is 2. The largest absolute Gasteiger partial charge is 0.493 e. The van der Waals surface area contributed by atoms with Gasteiger partial charge in [-0.2, -0.15) is 0 Å². The molecule has 0 N–H and O–H groups in total. The molecule has 6 heteroatoms. The second-order valence-electron chi connectivity index (χ2n) is 8.33. The number of carbonyl (C=O) groups is 2. The van der Waals surface area contributed by atoms with Crippen molar-refractivity contribution < 1.29 is 19.1 Å². The Morgan fingerprint density at radius 2 is 0.906 bits per heavy atom. The third-order valence-corrected chi connectivity index (χ3v) is 5.92. The van der Waals surface area contributed by atoms with Crippen LogP contribution in [-0.4, -0.2) is 23.7 Å². The average molecular weight is 488 g/mol. The van der Waals surface area contributed by atoms with Crippen LogP contribution in [0.4, 0.5) is 0 Å². The molecule has 0 saturated carbocycles. The Bertz CT molecular complexity index is 618. The number of hydrogen-bond donors (Lipinski definition) is 0. The van der Waals surface area contributed by atoms with Crippen LogP contribution in [0.5, 0.6) is 11.5 Å². The SMILES string of the molecule is CCCCCCCCCOc1cc(C(=O)Cl)c(OCCCCCCCCC)cc1C(=O)Cl. The average Bonchev–Trinajstić information content (AvgIpc) is 2.77. The van der Waals surface area contributed by atoms with Crippen molar-refractivity contribution in [2.75, 3.05) is 13.2 Å². The van der Waals surface area contributed by atoms with Crippen LogP contribution in [0.1, 0.15) is 124 Å². The van der Waals surface area contributed by atoms with Gasteiger partial charge < -0.3 is 9.47 Å². The normalized spacial score (nSPS) is 10.9. The summed E-state index contributed by atoms with van der Waals surface area (Å²) in [5.41, 5.74) is 0.400. The van der Waals surface area contributed by atoms with E-state index in [0.29, 0.717) is 13.2 Å². The molecule has 0 aliphatic rings. The fourth-order valence-corrected chi connectivity index (χ4v) is 3.88.